The molecule has 3 aromatic rings. The molecule has 0 spiro atoms. The van der Waals surface area contributed by atoms with Crippen LogP contribution in [-0.4, -0.2) is 30.2 Å². The number of hydrogen-bond acceptors (Lipinski definition) is 5. The molecule has 0 bridgehead atoms. The molecular formula is C29H32N2O4S. The van der Waals surface area contributed by atoms with Gasteiger partial charge in [0.15, 0.2) is 5.11 Å². The fourth-order valence-corrected chi connectivity index (χ4v) is 3.72. The Morgan fingerprint density at radius 3 is 1.92 bits per heavy atom. The summed E-state index contributed by atoms with van der Waals surface area (Å²) in [6.45, 7) is 0.966. The van der Waals surface area contributed by atoms with Gasteiger partial charge in [0.25, 0.3) is 0 Å². The Morgan fingerprint density at radius 2 is 1.31 bits per heavy atom. The number of anilines is 1. The quantitative estimate of drug-likeness (QED) is 0.183. The number of thiocarbonyl (C=S) groups is 1. The normalized spacial score (nSPS) is 10.3. The van der Waals surface area contributed by atoms with Crippen LogP contribution in [0, 0.1) is 0 Å². The SMILES string of the molecule is O=C(CCC(=O)OCCCc1ccccc1)NC(=S)Nc1ccc(OCCCc2ccccc2)cc1. The zero-order valence-electron chi connectivity index (χ0n) is 20.3. The fourth-order valence-electron chi connectivity index (χ4n) is 3.49. The molecule has 188 valence electrons. The summed E-state index contributed by atoms with van der Waals surface area (Å²) >= 11 is 5.20. The van der Waals surface area contributed by atoms with Gasteiger partial charge < -0.3 is 20.1 Å². The summed E-state index contributed by atoms with van der Waals surface area (Å²) < 4.78 is 11.0. The van der Waals surface area contributed by atoms with Gasteiger partial charge in [0.05, 0.1) is 19.6 Å². The second kappa shape index (κ2) is 15.3. The van der Waals surface area contributed by atoms with E-state index in [0.717, 1.165) is 37.1 Å². The first-order valence-corrected chi connectivity index (χ1v) is 12.6. The fraction of sp³-hybridized carbons (Fsp3) is 0.276. The van der Waals surface area contributed by atoms with Crippen LogP contribution in [0.1, 0.15) is 36.8 Å². The average Bonchev–Trinajstić information content (AvgIpc) is 2.90. The Bertz CT molecular complexity index is 1090. The number of benzene rings is 3. The van der Waals surface area contributed by atoms with Gasteiger partial charge >= 0.3 is 5.97 Å². The summed E-state index contributed by atoms with van der Waals surface area (Å²) in [5.74, 6) is 0.0365. The van der Waals surface area contributed by atoms with Gasteiger partial charge in [-0.3, -0.25) is 9.59 Å². The van der Waals surface area contributed by atoms with Crippen molar-refractivity contribution >= 4 is 34.9 Å². The first-order valence-electron chi connectivity index (χ1n) is 12.2. The summed E-state index contributed by atoms with van der Waals surface area (Å²) in [6.07, 6.45) is 3.51. The lowest BCUT2D eigenvalue weighted by atomic mass is 10.1. The minimum Gasteiger partial charge on any atom is -0.494 e. The van der Waals surface area contributed by atoms with E-state index in [1.165, 1.54) is 11.1 Å². The van der Waals surface area contributed by atoms with Crippen LogP contribution in [0.3, 0.4) is 0 Å². The van der Waals surface area contributed by atoms with Crippen LogP contribution < -0.4 is 15.4 Å². The number of amides is 1. The standard InChI is InChI=1S/C29H32N2O4S/c32-27(19-20-28(33)35-22-8-14-24-11-5-2-6-12-24)31-29(36)30-25-15-17-26(18-16-25)34-21-7-13-23-9-3-1-4-10-23/h1-6,9-12,15-18H,7-8,13-14,19-22H2,(H2,30,31,32,36). The second-order valence-electron chi connectivity index (χ2n) is 8.27. The predicted octanol–water partition coefficient (Wildman–Crippen LogP) is 5.47. The van der Waals surface area contributed by atoms with Crippen molar-refractivity contribution in [3.8, 4) is 5.75 Å². The lowest BCUT2D eigenvalue weighted by molar-refractivity contribution is -0.145. The number of ether oxygens (including phenoxy) is 2. The Morgan fingerprint density at radius 1 is 0.722 bits per heavy atom. The monoisotopic (exact) mass is 504 g/mol. The van der Waals surface area contributed by atoms with E-state index in [1.807, 2.05) is 72.8 Å². The molecule has 0 saturated heterocycles. The van der Waals surface area contributed by atoms with Gasteiger partial charge in [0.1, 0.15) is 5.75 Å². The van der Waals surface area contributed by atoms with E-state index in [0.29, 0.717) is 13.2 Å². The van der Waals surface area contributed by atoms with Crippen molar-refractivity contribution in [2.75, 3.05) is 18.5 Å². The summed E-state index contributed by atoms with van der Waals surface area (Å²) in [5.41, 5.74) is 3.23. The molecule has 0 unspecified atom stereocenters. The number of hydrogen-bond donors (Lipinski definition) is 2. The molecule has 7 heteroatoms. The van der Waals surface area contributed by atoms with Gasteiger partial charge in [-0.05, 0) is 73.3 Å². The lowest BCUT2D eigenvalue weighted by Gasteiger charge is -2.11. The van der Waals surface area contributed by atoms with Crippen LogP contribution in [0.25, 0.3) is 0 Å². The molecule has 0 aliphatic rings. The van der Waals surface area contributed by atoms with E-state index in [-0.39, 0.29) is 23.9 Å². The van der Waals surface area contributed by atoms with Crippen molar-refractivity contribution in [2.24, 2.45) is 0 Å². The molecule has 6 nitrogen and oxygen atoms in total. The van der Waals surface area contributed by atoms with E-state index >= 15 is 0 Å². The van der Waals surface area contributed by atoms with Crippen molar-refractivity contribution in [3.63, 3.8) is 0 Å². The summed E-state index contributed by atoms with van der Waals surface area (Å²) in [7, 11) is 0. The van der Waals surface area contributed by atoms with Gasteiger partial charge in [-0.2, -0.15) is 0 Å². The molecule has 0 fully saturated rings. The lowest BCUT2D eigenvalue weighted by Crippen LogP contribution is -2.34. The van der Waals surface area contributed by atoms with Crippen molar-refractivity contribution in [1.82, 2.24) is 5.32 Å². The first kappa shape index (κ1) is 26.9. The van der Waals surface area contributed by atoms with Crippen molar-refractivity contribution in [3.05, 3.63) is 96.1 Å². The summed E-state index contributed by atoms with van der Waals surface area (Å²) in [5, 5.41) is 5.72. The van der Waals surface area contributed by atoms with E-state index < -0.39 is 5.97 Å². The highest BCUT2D eigenvalue weighted by Gasteiger charge is 2.10. The van der Waals surface area contributed by atoms with E-state index in [4.69, 9.17) is 21.7 Å². The van der Waals surface area contributed by atoms with Gasteiger partial charge in [-0.25, -0.2) is 0 Å². The molecule has 3 rings (SSSR count). The minimum absolute atomic E-state index is 0.00903. The molecule has 0 aliphatic carbocycles. The van der Waals surface area contributed by atoms with Gasteiger partial charge in [-0.1, -0.05) is 60.7 Å². The number of aryl methyl sites for hydroxylation is 2. The molecule has 0 heterocycles. The highest BCUT2D eigenvalue weighted by Crippen LogP contribution is 2.16. The van der Waals surface area contributed by atoms with E-state index in [1.54, 1.807) is 0 Å². The smallest absolute Gasteiger partial charge is 0.306 e. The number of nitrogens with one attached hydrogen (secondary N) is 2. The van der Waals surface area contributed by atoms with Crippen LogP contribution in [0.15, 0.2) is 84.9 Å². The molecule has 0 radical (unpaired) electrons. The molecule has 0 saturated carbocycles. The molecular weight excluding hydrogens is 472 g/mol. The second-order valence-corrected chi connectivity index (χ2v) is 8.68. The maximum atomic E-state index is 12.1. The molecule has 0 aromatic heterocycles. The van der Waals surface area contributed by atoms with Crippen LogP contribution in [0.5, 0.6) is 5.75 Å². The third kappa shape index (κ3) is 10.7. The molecule has 0 atom stereocenters. The minimum atomic E-state index is -0.392. The van der Waals surface area contributed by atoms with E-state index in [2.05, 4.69) is 22.8 Å². The largest absolute Gasteiger partial charge is 0.494 e. The Kier molecular flexibility index (Phi) is 11.4. The molecule has 2 N–H and O–H groups in total. The third-order valence-corrected chi connectivity index (χ3v) is 5.56. The van der Waals surface area contributed by atoms with Crippen LogP contribution in [0.4, 0.5) is 5.69 Å². The van der Waals surface area contributed by atoms with Crippen LogP contribution >= 0.6 is 12.2 Å². The van der Waals surface area contributed by atoms with E-state index in [9.17, 15) is 9.59 Å². The molecule has 36 heavy (non-hydrogen) atoms. The zero-order valence-corrected chi connectivity index (χ0v) is 21.1. The molecule has 0 aliphatic heterocycles. The van der Waals surface area contributed by atoms with Crippen molar-refractivity contribution in [1.29, 1.82) is 0 Å². The third-order valence-electron chi connectivity index (χ3n) is 5.36. The summed E-state index contributed by atoms with van der Waals surface area (Å²) in [4.78, 5) is 24.0. The van der Waals surface area contributed by atoms with Gasteiger partial charge in [-0.15, -0.1) is 0 Å². The highest BCUT2D eigenvalue weighted by molar-refractivity contribution is 7.80. The predicted molar refractivity (Wildman–Crippen MR) is 146 cm³/mol. The Labute approximate surface area is 218 Å². The topological polar surface area (TPSA) is 76.7 Å². The van der Waals surface area contributed by atoms with Crippen LogP contribution in [0.2, 0.25) is 0 Å². The average molecular weight is 505 g/mol. The molecule has 1 amide bonds. The Hall–Kier alpha value is -3.71. The number of esters is 1. The maximum absolute atomic E-state index is 12.1. The van der Waals surface area contributed by atoms with Crippen LogP contribution in [-0.2, 0) is 27.2 Å². The van der Waals surface area contributed by atoms with Crippen molar-refractivity contribution in [2.45, 2.75) is 38.5 Å². The van der Waals surface area contributed by atoms with Gasteiger partial charge in [0, 0.05) is 12.1 Å². The maximum Gasteiger partial charge on any atom is 0.306 e. The zero-order chi connectivity index (χ0) is 25.4. The Balaban J connectivity index is 1.25. The number of rotatable bonds is 13. The number of carbonyl (C=O) groups excluding carboxylic acids is 2. The number of carbonyl (C=O) groups is 2. The van der Waals surface area contributed by atoms with Crippen molar-refractivity contribution < 1.29 is 19.1 Å². The summed E-state index contributed by atoms with van der Waals surface area (Å²) in [6, 6.07) is 27.7. The van der Waals surface area contributed by atoms with Gasteiger partial charge in [0.2, 0.25) is 5.91 Å². The first-order chi connectivity index (χ1) is 17.6. The highest BCUT2D eigenvalue weighted by atomic mass is 32.1. The molecule has 3 aromatic carbocycles.